The summed E-state index contributed by atoms with van der Waals surface area (Å²) in [7, 11) is 7.02. The molecule has 2 amide bonds. The number of thiophene rings is 1. The summed E-state index contributed by atoms with van der Waals surface area (Å²) < 4.78 is 41.8. The number of methoxy groups -OCH3 is 1. The largest absolute Gasteiger partial charge is 0.480 e. The van der Waals surface area contributed by atoms with E-state index in [1.807, 2.05) is 0 Å². The Hall–Kier alpha value is -6.41. The lowest BCUT2D eigenvalue weighted by Gasteiger charge is -2.23. The molecule has 0 radical (unpaired) electrons. The van der Waals surface area contributed by atoms with Gasteiger partial charge in [0.1, 0.15) is 30.9 Å². The number of halogens is 2. The van der Waals surface area contributed by atoms with Gasteiger partial charge in [-0.05, 0) is 62.5 Å². The van der Waals surface area contributed by atoms with Crippen molar-refractivity contribution in [2.24, 2.45) is 0 Å². The Morgan fingerprint density at radius 3 is 1.98 bits per heavy atom. The maximum atomic E-state index is 15.0. The van der Waals surface area contributed by atoms with Crippen molar-refractivity contribution in [3.05, 3.63) is 114 Å². The molecule has 0 aliphatic rings. The fraction of sp³-hybridized carbons (Fsp3) is 0.265. The highest BCUT2D eigenvalue weighted by atomic mass is 32.1. The first-order chi connectivity index (χ1) is 25.8. The summed E-state index contributed by atoms with van der Waals surface area (Å²) in [6.45, 7) is 0.930. The Morgan fingerprint density at radius 2 is 1.46 bits per heavy atom. The smallest absolute Gasteiger partial charge is 0.415 e. The van der Waals surface area contributed by atoms with Crippen LogP contribution in [-0.4, -0.2) is 83.2 Å². The molecular weight excluding hydrogens is 734 g/mol. The van der Waals surface area contributed by atoms with Crippen LogP contribution in [0.3, 0.4) is 0 Å². The number of carbonyl (C=O) groups is 2. The second-order valence-electron chi connectivity index (χ2n) is 11.4. The Balaban J connectivity index is 1.74. The molecule has 3 aromatic heterocycles. The van der Waals surface area contributed by atoms with Crippen LogP contribution in [0.2, 0.25) is 0 Å². The van der Waals surface area contributed by atoms with Crippen LogP contribution in [0, 0.1) is 11.6 Å². The number of amides is 2. The van der Waals surface area contributed by atoms with E-state index in [4.69, 9.17) is 19.1 Å². The van der Waals surface area contributed by atoms with Crippen LogP contribution in [-0.2, 0) is 17.8 Å². The normalized spacial score (nSPS) is 11.0. The van der Waals surface area contributed by atoms with E-state index in [-0.39, 0.29) is 41.1 Å². The highest BCUT2D eigenvalue weighted by Gasteiger charge is 2.33. The Morgan fingerprint density at radius 1 is 0.833 bits per heavy atom. The summed E-state index contributed by atoms with van der Waals surface area (Å²) in [6, 6.07) is 12.1. The van der Waals surface area contributed by atoms with Gasteiger partial charge in [-0.1, -0.05) is 27.7 Å². The number of rotatable bonds is 13. The minimum atomic E-state index is -1.16. The molecule has 20 heteroatoms. The fourth-order valence-electron chi connectivity index (χ4n) is 5.32. The van der Waals surface area contributed by atoms with Gasteiger partial charge in [0, 0.05) is 23.1 Å². The second kappa shape index (κ2) is 16.5. The van der Waals surface area contributed by atoms with Gasteiger partial charge in [-0.3, -0.25) is 9.69 Å². The molecule has 284 valence electrons. The third-order valence-corrected chi connectivity index (χ3v) is 9.03. The Kier molecular flexibility index (Phi) is 11.9. The van der Waals surface area contributed by atoms with Gasteiger partial charge in [0.25, 0.3) is 5.91 Å². The quantitative estimate of drug-likeness (QED) is 0.185. The number of hydrogen-bond acceptors (Lipinski definition) is 13. The first-order valence-corrected chi connectivity index (χ1v) is 16.7. The molecular formula is C34H34F2N8O9S. The molecule has 0 spiro atoms. The number of hydrogen-bond donors (Lipinski definition) is 1. The van der Waals surface area contributed by atoms with E-state index in [0.717, 1.165) is 42.6 Å². The number of ether oxygens (including phenoxy) is 2. The molecule has 1 N–H and O–H groups in total. The molecule has 54 heavy (non-hydrogen) atoms. The highest BCUT2D eigenvalue weighted by molar-refractivity contribution is 7.20. The van der Waals surface area contributed by atoms with Crippen molar-refractivity contribution in [1.82, 2.24) is 29.1 Å². The summed E-state index contributed by atoms with van der Waals surface area (Å²) >= 11 is 0.958. The molecule has 3 heterocycles. The SMILES string of the molecule is CCOC(=O)N(Cc1c(F)cccc1F)c1sc(-c2ccc(-n3c(=O)n(OC)c(=O)n(OC)c3=O)cc2)c(CN(C)C)c1C(=O)Nc1ccc(OC)nn1. The Bertz CT molecular complexity index is 2300. The molecule has 0 aliphatic carbocycles. The van der Waals surface area contributed by atoms with Crippen LogP contribution in [0.4, 0.5) is 24.4 Å². The van der Waals surface area contributed by atoms with Gasteiger partial charge in [0.2, 0.25) is 5.88 Å². The van der Waals surface area contributed by atoms with Gasteiger partial charge in [-0.25, -0.2) is 32.5 Å². The number of nitrogens with zero attached hydrogens (tertiary/aromatic N) is 7. The third-order valence-electron chi connectivity index (χ3n) is 7.72. The first kappa shape index (κ1) is 38.8. The van der Waals surface area contributed by atoms with E-state index in [2.05, 4.69) is 15.5 Å². The lowest BCUT2D eigenvalue weighted by molar-refractivity contribution is 0.0748. The zero-order valence-electron chi connectivity index (χ0n) is 29.8. The first-order valence-electron chi connectivity index (χ1n) is 15.9. The van der Waals surface area contributed by atoms with Crippen molar-refractivity contribution < 1.29 is 37.5 Å². The van der Waals surface area contributed by atoms with Crippen molar-refractivity contribution in [1.29, 1.82) is 0 Å². The van der Waals surface area contributed by atoms with E-state index < -0.39 is 52.8 Å². The van der Waals surface area contributed by atoms with Crippen LogP contribution in [0.1, 0.15) is 28.4 Å². The van der Waals surface area contributed by atoms with Gasteiger partial charge in [-0.2, -0.15) is 0 Å². The molecule has 5 rings (SSSR count). The van der Waals surface area contributed by atoms with Crippen LogP contribution in [0.15, 0.2) is 69.0 Å². The molecule has 0 aliphatic heterocycles. The predicted octanol–water partition coefficient (Wildman–Crippen LogP) is 2.56. The second-order valence-corrected chi connectivity index (χ2v) is 12.4. The van der Waals surface area contributed by atoms with Crippen LogP contribution >= 0.6 is 11.3 Å². The van der Waals surface area contributed by atoms with Gasteiger partial charge in [-0.15, -0.1) is 21.5 Å². The lowest BCUT2D eigenvalue weighted by Crippen LogP contribution is -2.56. The van der Waals surface area contributed by atoms with E-state index in [0.29, 0.717) is 30.0 Å². The summed E-state index contributed by atoms with van der Waals surface area (Å²) in [6.07, 6.45) is -0.986. The highest BCUT2D eigenvalue weighted by Crippen LogP contribution is 2.44. The zero-order valence-corrected chi connectivity index (χ0v) is 30.6. The molecule has 0 saturated carbocycles. The van der Waals surface area contributed by atoms with E-state index >= 15 is 8.78 Å². The van der Waals surface area contributed by atoms with Gasteiger partial charge >= 0.3 is 23.2 Å². The molecule has 0 fully saturated rings. The molecule has 17 nitrogen and oxygen atoms in total. The van der Waals surface area contributed by atoms with Crippen LogP contribution < -0.4 is 41.7 Å². The third kappa shape index (κ3) is 7.69. The number of anilines is 2. The Labute approximate surface area is 309 Å². The average Bonchev–Trinajstić information content (AvgIpc) is 3.50. The molecule has 0 saturated heterocycles. The predicted molar refractivity (Wildman–Crippen MR) is 192 cm³/mol. The number of carbonyl (C=O) groups excluding carboxylic acids is 2. The summed E-state index contributed by atoms with van der Waals surface area (Å²) in [5, 5.41) is 10.5. The van der Waals surface area contributed by atoms with Gasteiger partial charge in [0.15, 0.2) is 5.82 Å². The van der Waals surface area contributed by atoms with Gasteiger partial charge < -0.3 is 29.4 Å². The van der Waals surface area contributed by atoms with Crippen LogP contribution in [0.5, 0.6) is 5.88 Å². The fourth-order valence-corrected chi connectivity index (χ4v) is 6.62. The minimum Gasteiger partial charge on any atom is -0.480 e. The number of benzene rings is 2. The van der Waals surface area contributed by atoms with Crippen LogP contribution in [0.25, 0.3) is 16.1 Å². The van der Waals surface area contributed by atoms with Crippen molar-refractivity contribution in [2.45, 2.75) is 20.0 Å². The lowest BCUT2D eigenvalue weighted by atomic mass is 10.0. The maximum Gasteiger partial charge on any atom is 0.415 e. The summed E-state index contributed by atoms with van der Waals surface area (Å²) in [5.41, 5.74) is -2.99. The summed E-state index contributed by atoms with van der Waals surface area (Å²) in [4.78, 5) is 79.5. The van der Waals surface area contributed by atoms with Crippen molar-refractivity contribution in [3.8, 4) is 22.0 Å². The molecule has 0 bridgehead atoms. The molecule has 0 unspecified atom stereocenters. The van der Waals surface area contributed by atoms with Gasteiger partial charge in [0.05, 0.1) is 31.5 Å². The average molecular weight is 769 g/mol. The number of aromatic nitrogens is 5. The molecule has 5 aromatic rings. The summed E-state index contributed by atoms with van der Waals surface area (Å²) in [5.74, 6) is -2.36. The van der Waals surface area contributed by atoms with E-state index in [9.17, 15) is 24.0 Å². The topological polar surface area (TPSA) is 181 Å². The van der Waals surface area contributed by atoms with Crippen molar-refractivity contribution >= 4 is 34.2 Å². The van der Waals surface area contributed by atoms with Crippen molar-refractivity contribution in [2.75, 3.05) is 52.2 Å². The monoisotopic (exact) mass is 768 g/mol. The molecule has 0 atom stereocenters. The van der Waals surface area contributed by atoms with Crippen molar-refractivity contribution in [3.63, 3.8) is 0 Å². The minimum absolute atomic E-state index is 0.0163. The van der Waals surface area contributed by atoms with E-state index in [1.165, 1.54) is 49.6 Å². The standard InChI is InChI=1S/C34H34F2N8O9S/c1-7-53-34(49)41(18-21-23(35)9-8-10-24(21)36)30-27(29(45)37-25-15-16-26(50-4)39-38-25)22(17-40(2)3)28(54-30)19-11-13-20(14-12-19)42-31(46)43(51-5)33(48)44(52-6)32(42)47/h8-16H,7,17-18H2,1-6H3,(H,37,38,45). The zero-order chi connectivity index (χ0) is 39.3. The van der Waals surface area contributed by atoms with E-state index in [1.54, 1.807) is 25.9 Å². The maximum absolute atomic E-state index is 15.0. The number of nitrogens with one attached hydrogen (secondary N) is 1. The molecule has 2 aromatic carbocycles.